The first-order valence-corrected chi connectivity index (χ1v) is 10.0. The quantitative estimate of drug-likeness (QED) is 0.527. The van der Waals surface area contributed by atoms with E-state index in [1.54, 1.807) is 31.2 Å². The number of fused-ring (bicyclic) bond motifs is 1. The zero-order valence-corrected chi connectivity index (χ0v) is 15.8. The number of benzene rings is 2. The molecule has 2 N–H and O–H groups in total. The van der Waals surface area contributed by atoms with Gasteiger partial charge in [0.15, 0.2) is 0 Å². The van der Waals surface area contributed by atoms with Crippen LogP contribution in [0.15, 0.2) is 53.4 Å². The highest BCUT2D eigenvalue weighted by molar-refractivity contribution is 7.89. The van der Waals surface area contributed by atoms with Gasteiger partial charge in [0.2, 0.25) is 10.0 Å². The van der Waals surface area contributed by atoms with Crippen LogP contribution in [0.25, 0.3) is 0 Å². The predicted octanol–water partition coefficient (Wildman–Crippen LogP) is 1.02. The van der Waals surface area contributed by atoms with Crippen LogP contribution >= 0.6 is 0 Å². The second-order valence-corrected chi connectivity index (χ2v) is 7.82. The van der Waals surface area contributed by atoms with E-state index in [1.165, 1.54) is 12.1 Å². The van der Waals surface area contributed by atoms with Gasteiger partial charge in [-0.1, -0.05) is 30.3 Å². The summed E-state index contributed by atoms with van der Waals surface area (Å²) in [5.74, 6) is -1.95. The number of carbonyl (C=O) groups excluding carboxylic acids is 3. The second-order valence-electron chi connectivity index (χ2n) is 6.11. The van der Waals surface area contributed by atoms with Crippen LogP contribution in [0.5, 0.6) is 0 Å². The van der Waals surface area contributed by atoms with E-state index >= 15 is 0 Å². The number of sulfonamides is 1. The molecule has 0 spiro atoms. The molecule has 1 aliphatic rings. The molecule has 1 atom stereocenters. The van der Waals surface area contributed by atoms with Gasteiger partial charge in [-0.3, -0.25) is 19.7 Å². The lowest BCUT2D eigenvalue weighted by Crippen LogP contribution is -2.43. The van der Waals surface area contributed by atoms with Gasteiger partial charge < -0.3 is 4.74 Å². The molecular formula is C19H18N2O6S. The Balaban J connectivity index is 1.89. The van der Waals surface area contributed by atoms with Gasteiger partial charge >= 0.3 is 5.97 Å². The normalized spacial score (nSPS) is 14.3. The zero-order chi connectivity index (χ0) is 20.3. The van der Waals surface area contributed by atoms with Crippen LogP contribution in [0.3, 0.4) is 0 Å². The van der Waals surface area contributed by atoms with Gasteiger partial charge in [0.1, 0.15) is 6.04 Å². The van der Waals surface area contributed by atoms with Crippen LogP contribution in [0.2, 0.25) is 0 Å². The molecule has 1 unspecified atom stereocenters. The largest absolute Gasteiger partial charge is 0.465 e. The lowest BCUT2D eigenvalue weighted by Gasteiger charge is -2.18. The van der Waals surface area contributed by atoms with E-state index in [2.05, 4.69) is 10.0 Å². The van der Waals surface area contributed by atoms with E-state index in [0.29, 0.717) is 0 Å². The van der Waals surface area contributed by atoms with Crippen molar-refractivity contribution in [3.8, 4) is 0 Å². The minimum Gasteiger partial charge on any atom is -0.465 e. The van der Waals surface area contributed by atoms with Gasteiger partial charge in [-0.25, -0.2) is 8.42 Å². The number of rotatable bonds is 7. The maximum atomic E-state index is 12.8. The van der Waals surface area contributed by atoms with E-state index in [1.807, 2.05) is 6.07 Å². The van der Waals surface area contributed by atoms with Gasteiger partial charge in [-0.15, -0.1) is 0 Å². The van der Waals surface area contributed by atoms with E-state index in [0.717, 1.165) is 11.6 Å². The molecule has 3 rings (SSSR count). The molecule has 0 bridgehead atoms. The third-order valence-electron chi connectivity index (χ3n) is 4.17. The molecule has 28 heavy (non-hydrogen) atoms. The van der Waals surface area contributed by atoms with Gasteiger partial charge in [-0.05, 0) is 37.1 Å². The third-order valence-corrected chi connectivity index (χ3v) is 5.64. The molecule has 0 aliphatic carbocycles. The lowest BCUT2D eigenvalue weighted by molar-refractivity contribution is -0.145. The van der Waals surface area contributed by atoms with Crippen LogP contribution in [0.1, 0.15) is 33.2 Å². The Hall–Kier alpha value is -3.04. The molecule has 146 valence electrons. The Morgan fingerprint density at radius 1 is 1.07 bits per heavy atom. The van der Waals surface area contributed by atoms with Gasteiger partial charge in [0, 0.05) is 0 Å². The van der Waals surface area contributed by atoms with Crippen LogP contribution in [0, 0.1) is 0 Å². The number of ether oxygens (including phenoxy) is 1. The molecule has 1 heterocycles. The first-order chi connectivity index (χ1) is 13.3. The highest BCUT2D eigenvalue weighted by atomic mass is 32.2. The molecule has 8 nitrogen and oxygen atoms in total. The smallest absolute Gasteiger partial charge is 0.324 e. The van der Waals surface area contributed by atoms with E-state index in [9.17, 15) is 22.8 Å². The minimum absolute atomic E-state index is 0.0244. The molecule has 1 aliphatic heterocycles. The average molecular weight is 402 g/mol. The summed E-state index contributed by atoms with van der Waals surface area (Å²) in [5, 5.41) is 2.10. The Morgan fingerprint density at radius 3 is 2.43 bits per heavy atom. The number of imide groups is 1. The van der Waals surface area contributed by atoms with Crippen molar-refractivity contribution in [1.82, 2.24) is 10.0 Å². The summed E-state index contributed by atoms with van der Waals surface area (Å²) in [4.78, 5) is 35.5. The summed E-state index contributed by atoms with van der Waals surface area (Å²) in [6.45, 7) is 1.73. The van der Waals surface area contributed by atoms with Crippen molar-refractivity contribution in [2.75, 3.05) is 6.61 Å². The highest BCUT2D eigenvalue weighted by Gasteiger charge is 2.31. The minimum atomic E-state index is -4.15. The Morgan fingerprint density at radius 2 is 1.75 bits per heavy atom. The monoisotopic (exact) mass is 402 g/mol. The summed E-state index contributed by atoms with van der Waals surface area (Å²) in [6.07, 6.45) is 0.100. The van der Waals surface area contributed by atoms with Crippen molar-refractivity contribution in [2.45, 2.75) is 24.3 Å². The van der Waals surface area contributed by atoms with Gasteiger partial charge in [0.25, 0.3) is 11.8 Å². The summed E-state index contributed by atoms with van der Waals surface area (Å²) in [6, 6.07) is 11.4. The molecule has 0 fully saturated rings. The molecule has 0 radical (unpaired) electrons. The topological polar surface area (TPSA) is 119 Å². The van der Waals surface area contributed by atoms with Crippen LogP contribution in [-0.2, 0) is 26.0 Å². The number of amides is 2. The number of hydrogen-bond acceptors (Lipinski definition) is 6. The number of nitrogens with one attached hydrogen (secondary N) is 2. The Labute approximate surface area is 161 Å². The summed E-state index contributed by atoms with van der Waals surface area (Å²) in [7, 11) is -4.15. The van der Waals surface area contributed by atoms with Crippen molar-refractivity contribution in [3.05, 3.63) is 65.2 Å². The number of carbonyl (C=O) groups is 3. The maximum absolute atomic E-state index is 12.8. The molecule has 2 aromatic rings. The summed E-state index contributed by atoms with van der Waals surface area (Å²) in [5.41, 5.74) is 0.834. The SMILES string of the molecule is CCOC(=O)C(Cc1ccccc1)NS(=O)(=O)c1ccc2c(c1)C(=O)NC2=O. The molecular weight excluding hydrogens is 384 g/mol. The fraction of sp³-hybridized carbons (Fsp3) is 0.211. The number of esters is 1. The van der Waals surface area contributed by atoms with Gasteiger partial charge in [-0.2, -0.15) is 4.72 Å². The fourth-order valence-corrected chi connectivity index (χ4v) is 4.05. The molecule has 2 aromatic carbocycles. The molecule has 0 aromatic heterocycles. The second kappa shape index (κ2) is 7.91. The predicted molar refractivity (Wildman–Crippen MR) is 99.1 cm³/mol. The Kier molecular flexibility index (Phi) is 5.57. The maximum Gasteiger partial charge on any atom is 0.324 e. The van der Waals surface area contributed by atoms with Crippen LogP contribution in [-0.4, -0.2) is 38.9 Å². The van der Waals surface area contributed by atoms with Crippen LogP contribution in [0.4, 0.5) is 0 Å². The van der Waals surface area contributed by atoms with Crippen molar-refractivity contribution >= 4 is 27.8 Å². The first kappa shape index (κ1) is 19.7. The van der Waals surface area contributed by atoms with E-state index < -0.39 is 33.8 Å². The highest BCUT2D eigenvalue weighted by Crippen LogP contribution is 2.21. The van der Waals surface area contributed by atoms with Gasteiger partial charge in [0.05, 0.1) is 22.6 Å². The van der Waals surface area contributed by atoms with Crippen molar-refractivity contribution in [3.63, 3.8) is 0 Å². The third kappa shape index (κ3) is 4.10. The summed E-state index contributed by atoms with van der Waals surface area (Å²) >= 11 is 0. The molecule has 9 heteroatoms. The zero-order valence-electron chi connectivity index (χ0n) is 15.0. The molecule has 2 amide bonds. The fourth-order valence-electron chi connectivity index (χ4n) is 2.84. The molecule has 0 saturated carbocycles. The van der Waals surface area contributed by atoms with Crippen molar-refractivity contribution in [2.24, 2.45) is 0 Å². The average Bonchev–Trinajstić information content (AvgIpc) is 2.95. The Bertz CT molecular complexity index is 1030. The number of hydrogen-bond donors (Lipinski definition) is 2. The van der Waals surface area contributed by atoms with E-state index in [4.69, 9.17) is 4.74 Å². The summed E-state index contributed by atoms with van der Waals surface area (Å²) < 4.78 is 32.9. The lowest BCUT2D eigenvalue weighted by atomic mass is 10.1. The van der Waals surface area contributed by atoms with Crippen LogP contribution < -0.4 is 10.0 Å². The first-order valence-electron chi connectivity index (χ1n) is 8.54. The van der Waals surface area contributed by atoms with Crippen molar-refractivity contribution < 1.29 is 27.5 Å². The standard InChI is InChI=1S/C19H18N2O6S/c1-2-27-19(24)16(10-12-6-4-3-5-7-12)21-28(25,26)13-8-9-14-15(11-13)18(23)20-17(14)22/h3-9,11,16,21H,2,10H2,1H3,(H,20,22,23). The molecule has 0 saturated heterocycles. The van der Waals surface area contributed by atoms with Crippen molar-refractivity contribution in [1.29, 1.82) is 0 Å². The van der Waals surface area contributed by atoms with E-state index in [-0.39, 0.29) is 29.1 Å².